The maximum absolute atomic E-state index is 12.6. The van der Waals surface area contributed by atoms with E-state index >= 15 is 0 Å². The predicted molar refractivity (Wildman–Crippen MR) is 104 cm³/mol. The van der Waals surface area contributed by atoms with Crippen LogP contribution in [-0.4, -0.2) is 38.6 Å². The molecule has 1 aliphatic heterocycles. The first-order valence-corrected chi connectivity index (χ1v) is 8.98. The van der Waals surface area contributed by atoms with Gasteiger partial charge in [-0.3, -0.25) is 9.59 Å². The van der Waals surface area contributed by atoms with E-state index in [9.17, 15) is 9.59 Å². The number of carbonyl (C=O) groups excluding carboxylic acids is 2. The number of hydrogen-bond donors (Lipinski definition) is 1. The van der Waals surface area contributed by atoms with E-state index in [4.69, 9.17) is 21.1 Å². The summed E-state index contributed by atoms with van der Waals surface area (Å²) in [4.78, 5) is 26.1. The van der Waals surface area contributed by atoms with Crippen LogP contribution in [0.1, 0.15) is 12.0 Å². The van der Waals surface area contributed by atoms with Gasteiger partial charge < -0.3 is 14.8 Å². The second-order valence-corrected chi connectivity index (χ2v) is 6.63. The summed E-state index contributed by atoms with van der Waals surface area (Å²) in [6.07, 6.45) is 0.840. The van der Waals surface area contributed by atoms with Crippen LogP contribution in [0.2, 0.25) is 5.02 Å². The molecule has 0 radical (unpaired) electrons. The van der Waals surface area contributed by atoms with Crippen LogP contribution in [0.3, 0.4) is 0 Å². The van der Waals surface area contributed by atoms with Crippen molar-refractivity contribution in [2.45, 2.75) is 18.9 Å². The average Bonchev–Trinajstić information content (AvgIpc) is 2.96. The molecule has 2 aromatic carbocycles. The van der Waals surface area contributed by atoms with Crippen LogP contribution < -0.4 is 19.7 Å². The standard InChI is InChI=1S/C20H21ClN2O4/c1-26-17-8-3-13(11-18(17)27-2)9-10-22-16-12-19(24)23(20(16)25)15-6-4-14(21)5-7-15/h3-8,11,16,22H,9-10,12H2,1-2H3. The molecule has 0 aromatic heterocycles. The molecule has 1 unspecified atom stereocenters. The molecular formula is C20H21ClN2O4. The Labute approximate surface area is 163 Å². The molecule has 27 heavy (non-hydrogen) atoms. The first-order chi connectivity index (χ1) is 13.0. The summed E-state index contributed by atoms with van der Waals surface area (Å²) in [6.45, 7) is 0.563. The normalized spacial score (nSPS) is 16.7. The number of anilines is 1. The second kappa shape index (κ2) is 8.41. The first kappa shape index (κ1) is 19.2. The highest BCUT2D eigenvalue weighted by atomic mass is 35.5. The van der Waals surface area contributed by atoms with Crippen LogP contribution >= 0.6 is 11.6 Å². The molecule has 0 bridgehead atoms. The lowest BCUT2D eigenvalue weighted by Gasteiger charge is -2.16. The summed E-state index contributed by atoms with van der Waals surface area (Å²) >= 11 is 5.87. The number of halogens is 1. The smallest absolute Gasteiger partial charge is 0.251 e. The van der Waals surface area contributed by atoms with Crippen molar-refractivity contribution in [2.75, 3.05) is 25.7 Å². The summed E-state index contributed by atoms with van der Waals surface area (Å²) in [6, 6.07) is 11.8. The number of imide groups is 1. The van der Waals surface area contributed by atoms with E-state index in [0.29, 0.717) is 35.2 Å². The molecule has 1 atom stereocenters. The number of nitrogens with one attached hydrogen (secondary N) is 1. The molecule has 1 saturated heterocycles. The van der Waals surface area contributed by atoms with Crippen molar-refractivity contribution in [1.29, 1.82) is 0 Å². The minimum Gasteiger partial charge on any atom is -0.493 e. The van der Waals surface area contributed by atoms with Gasteiger partial charge in [0.15, 0.2) is 11.5 Å². The fourth-order valence-electron chi connectivity index (χ4n) is 3.08. The van der Waals surface area contributed by atoms with Crippen LogP contribution in [0.5, 0.6) is 11.5 Å². The van der Waals surface area contributed by atoms with Crippen molar-refractivity contribution in [2.24, 2.45) is 0 Å². The highest BCUT2D eigenvalue weighted by Crippen LogP contribution is 2.28. The quantitative estimate of drug-likeness (QED) is 0.739. The molecule has 0 aliphatic carbocycles. The number of ether oxygens (including phenoxy) is 2. The van der Waals surface area contributed by atoms with Gasteiger partial charge in [-0.25, -0.2) is 4.90 Å². The molecule has 1 heterocycles. The Kier molecular flexibility index (Phi) is 5.98. The minimum absolute atomic E-state index is 0.146. The first-order valence-electron chi connectivity index (χ1n) is 8.60. The van der Waals surface area contributed by atoms with E-state index in [1.807, 2.05) is 18.2 Å². The summed E-state index contributed by atoms with van der Waals surface area (Å²) in [5.41, 5.74) is 1.59. The third-order valence-electron chi connectivity index (χ3n) is 4.48. The average molecular weight is 389 g/mol. The van der Waals surface area contributed by atoms with Crippen molar-refractivity contribution in [3.05, 3.63) is 53.1 Å². The number of rotatable bonds is 7. The van der Waals surface area contributed by atoms with E-state index in [0.717, 1.165) is 5.56 Å². The van der Waals surface area contributed by atoms with Crippen LogP contribution in [-0.2, 0) is 16.0 Å². The Bertz CT molecular complexity index is 838. The number of methoxy groups -OCH3 is 2. The molecule has 0 saturated carbocycles. The predicted octanol–water partition coefficient (Wildman–Crippen LogP) is 2.82. The number of carbonyl (C=O) groups is 2. The zero-order valence-electron chi connectivity index (χ0n) is 15.2. The third-order valence-corrected chi connectivity index (χ3v) is 4.74. The summed E-state index contributed by atoms with van der Waals surface area (Å²) in [5, 5.41) is 3.74. The monoisotopic (exact) mass is 388 g/mol. The molecular weight excluding hydrogens is 368 g/mol. The van der Waals surface area contributed by atoms with E-state index in [1.165, 1.54) is 4.90 Å². The topological polar surface area (TPSA) is 67.9 Å². The van der Waals surface area contributed by atoms with Gasteiger partial charge in [0.25, 0.3) is 5.91 Å². The van der Waals surface area contributed by atoms with Gasteiger partial charge in [0, 0.05) is 5.02 Å². The van der Waals surface area contributed by atoms with E-state index in [-0.39, 0.29) is 18.2 Å². The fraction of sp³-hybridized carbons (Fsp3) is 0.300. The van der Waals surface area contributed by atoms with Gasteiger partial charge in [-0.05, 0) is 54.9 Å². The van der Waals surface area contributed by atoms with E-state index in [2.05, 4.69) is 5.32 Å². The molecule has 2 amide bonds. The molecule has 7 heteroatoms. The zero-order valence-corrected chi connectivity index (χ0v) is 16.0. The summed E-state index contributed by atoms with van der Waals surface area (Å²) in [7, 11) is 3.18. The molecule has 142 valence electrons. The number of amides is 2. The van der Waals surface area contributed by atoms with Crippen molar-refractivity contribution in [3.8, 4) is 11.5 Å². The Hall–Kier alpha value is -2.57. The van der Waals surface area contributed by atoms with Gasteiger partial charge in [-0.2, -0.15) is 0 Å². The summed E-state index contributed by atoms with van der Waals surface area (Å²) < 4.78 is 10.5. The molecule has 2 aromatic rings. The Morgan fingerprint density at radius 1 is 1.07 bits per heavy atom. The second-order valence-electron chi connectivity index (χ2n) is 6.19. The van der Waals surface area contributed by atoms with Gasteiger partial charge in [0.1, 0.15) is 0 Å². The van der Waals surface area contributed by atoms with Gasteiger partial charge >= 0.3 is 0 Å². The maximum Gasteiger partial charge on any atom is 0.251 e. The molecule has 0 spiro atoms. The van der Waals surface area contributed by atoms with Crippen molar-refractivity contribution in [1.82, 2.24) is 5.32 Å². The van der Waals surface area contributed by atoms with E-state index in [1.54, 1.807) is 38.5 Å². The largest absolute Gasteiger partial charge is 0.493 e. The van der Waals surface area contributed by atoms with Crippen LogP contribution in [0.25, 0.3) is 0 Å². The third kappa shape index (κ3) is 4.23. The van der Waals surface area contributed by atoms with Crippen LogP contribution in [0.4, 0.5) is 5.69 Å². The lowest BCUT2D eigenvalue weighted by atomic mass is 10.1. The van der Waals surface area contributed by atoms with Crippen LogP contribution in [0.15, 0.2) is 42.5 Å². The molecule has 6 nitrogen and oxygen atoms in total. The fourth-order valence-corrected chi connectivity index (χ4v) is 3.21. The number of benzene rings is 2. The Balaban J connectivity index is 1.60. The Morgan fingerprint density at radius 3 is 2.44 bits per heavy atom. The molecule has 1 N–H and O–H groups in total. The van der Waals surface area contributed by atoms with Crippen molar-refractivity contribution >= 4 is 29.1 Å². The molecule has 3 rings (SSSR count). The summed E-state index contributed by atoms with van der Waals surface area (Å²) in [5.74, 6) is 0.876. The lowest BCUT2D eigenvalue weighted by molar-refractivity contribution is -0.121. The number of hydrogen-bond acceptors (Lipinski definition) is 5. The SMILES string of the molecule is COc1ccc(CCNC2CC(=O)N(c3ccc(Cl)cc3)C2=O)cc1OC. The maximum atomic E-state index is 12.6. The molecule has 1 fully saturated rings. The van der Waals surface area contributed by atoms with Crippen molar-refractivity contribution < 1.29 is 19.1 Å². The molecule has 1 aliphatic rings. The van der Waals surface area contributed by atoms with Gasteiger partial charge in [-0.15, -0.1) is 0 Å². The number of nitrogens with zero attached hydrogens (tertiary/aromatic N) is 1. The lowest BCUT2D eigenvalue weighted by Crippen LogP contribution is -2.39. The van der Waals surface area contributed by atoms with Gasteiger partial charge in [-0.1, -0.05) is 17.7 Å². The van der Waals surface area contributed by atoms with Crippen molar-refractivity contribution in [3.63, 3.8) is 0 Å². The minimum atomic E-state index is -0.520. The van der Waals surface area contributed by atoms with Gasteiger partial charge in [0.05, 0.1) is 32.4 Å². The Morgan fingerprint density at radius 2 is 1.78 bits per heavy atom. The highest BCUT2D eigenvalue weighted by Gasteiger charge is 2.39. The van der Waals surface area contributed by atoms with E-state index < -0.39 is 6.04 Å². The van der Waals surface area contributed by atoms with Gasteiger partial charge in [0.2, 0.25) is 5.91 Å². The zero-order chi connectivity index (χ0) is 19.4. The highest BCUT2D eigenvalue weighted by molar-refractivity contribution is 6.30. The van der Waals surface area contributed by atoms with Crippen LogP contribution in [0, 0.1) is 0 Å².